The van der Waals surface area contributed by atoms with Crippen LogP contribution in [0.1, 0.15) is 46.0 Å². The molecule has 5 atom stereocenters. The van der Waals surface area contributed by atoms with Crippen LogP contribution in [0.2, 0.25) is 0 Å². The molecule has 3 amide bonds. The fourth-order valence-electron chi connectivity index (χ4n) is 3.33. The molecule has 12 heteroatoms. The Balaban J connectivity index is 2.92. The van der Waals surface area contributed by atoms with Gasteiger partial charge in [0.1, 0.15) is 18.1 Å². The number of likely N-dealkylation sites (tertiary alicyclic amines) is 1. The number of carboxylic acids is 2. The first kappa shape index (κ1) is 26.7. The van der Waals surface area contributed by atoms with Crippen molar-refractivity contribution in [3.63, 3.8) is 0 Å². The number of aliphatic carboxylic acids is 2. The fourth-order valence-corrected chi connectivity index (χ4v) is 3.49. The number of nitrogens with zero attached hydrogens (tertiary/aromatic N) is 1. The van der Waals surface area contributed by atoms with Crippen molar-refractivity contribution in [1.29, 1.82) is 0 Å². The van der Waals surface area contributed by atoms with Crippen molar-refractivity contribution in [2.24, 2.45) is 11.7 Å². The molecular formula is C19H32N4O7S. The highest BCUT2D eigenvalue weighted by molar-refractivity contribution is 7.80. The van der Waals surface area contributed by atoms with Gasteiger partial charge in [0, 0.05) is 18.7 Å². The van der Waals surface area contributed by atoms with Gasteiger partial charge in [-0.3, -0.25) is 19.2 Å². The molecule has 0 aromatic carbocycles. The number of rotatable bonds is 12. The lowest BCUT2D eigenvalue weighted by atomic mass is 9.97. The second-order valence-corrected chi connectivity index (χ2v) is 8.05. The van der Waals surface area contributed by atoms with E-state index in [1.165, 1.54) is 4.90 Å². The van der Waals surface area contributed by atoms with E-state index >= 15 is 0 Å². The first-order valence-corrected chi connectivity index (χ1v) is 10.9. The molecule has 6 N–H and O–H groups in total. The molecule has 0 aliphatic carbocycles. The Bertz CT molecular complexity index is 690. The number of nitrogens with two attached hydrogens (primary N) is 1. The maximum Gasteiger partial charge on any atom is 0.326 e. The molecule has 1 aliphatic heterocycles. The first-order chi connectivity index (χ1) is 14.5. The Kier molecular flexibility index (Phi) is 10.8. The normalized spacial score (nSPS) is 19.7. The van der Waals surface area contributed by atoms with Crippen molar-refractivity contribution in [2.75, 3.05) is 12.3 Å². The highest BCUT2D eigenvalue weighted by Gasteiger charge is 2.38. The van der Waals surface area contributed by atoms with Crippen LogP contribution in [0.25, 0.3) is 0 Å². The lowest BCUT2D eigenvalue weighted by Crippen LogP contribution is -2.58. The van der Waals surface area contributed by atoms with E-state index in [2.05, 4.69) is 23.3 Å². The summed E-state index contributed by atoms with van der Waals surface area (Å²) >= 11 is 4.02. The quantitative estimate of drug-likeness (QED) is 0.205. The lowest BCUT2D eigenvalue weighted by Gasteiger charge is -2.30. The summed E-state index contributed by atoms with van der Waals surface area (Å²) in [4.78, 5) is 61.6. The van der Waals surface area contributed by atoms with E-state index in [0.717, 1.165) is 0 Å². The van der Waals surface area contributed by atoms with Crippen molar-refractivity contribution in [2.45, 2.75) is 70.1 Å². The summed E-state index contributed by atoms with van der Waals surface area (Å²) in [6.45, 7) is 3.91. The smallest absolute Gasteiger partial charge is 0.326 e. The van der Waals surface area contributed by atoms with Crippen LogP contribution in [0.5, 0.6) is 0 Å². The van der Waals surface area contributed by atoms with Crippen LogP contribution in [-0.2, 0) is 24.0 Å². The Morgan fingerprint density at radius 2 is 1.84 bits per heavy atom. The second kappa shape index (κ2) is 12.5. The van der Waals surface area contributed by atoms with Crippen LogP contribution in [0.4, 0.5) is 0 Å². The Labute approximate surface area is 186 Å². The number of hydrogen-bond donors (Lipinski definition) is 6. The van der Waals surface area contributed by atoms with Crippen LogP contribution < -0.4 is 16.4 Å². The predicted molar refractivity (Wildman–Crippen MR) is 114 cm³/mol. The maximum atomic E-state index is 12.9. The summed E-state index contributed by atoms with van der Waals surface area (Å²) in [5.41, 5.74) is 5.75. The van der Waals surface area contributed by atoms with Gasteiger partial charge in [-0.15, -0.1) is 0 Å². The van der Waals surface area contributed by atoms with E-state index in [9.17, 15) is 29.1 Å². The summed E-state index contributed by atoms with van der Waals surface area (Å²) in [6, 6.07) is -4.05. The zero-order valence-corrected chi connectivity index (χ0v) is 18.6. The minimum atomic E-state index is -1.40. The Hall–Kier alpha value is -2.34. The van der Waals surface area contributed by atoms with Gasteiger partial charge >= 0.3 is 11.9 Å². The zero-order valence-electron chi connectivity index (χ0n) is 17.7. The van der Waals surface area contributed by atoms with E-state index in [-0.39, 0.29) is 18.1 Å². The SMILES string of the molecule is CCC(C)C(NC(=O)C1CCCN1C(=O)C(N)CS)C(=O)NC(CCC(=O)O)C(=O)O. The third-order valence-electron chi connectivity index (χ3n) is 5.41. The van der Waals surface area contributed by atoms with E-state index in [0.29, 0.717) is 25.8 Å². The van der Waals surface area contributed by atoms with Crippen molar-refractivity contribution in [1.82, 2.24) is 15.5 Å². The van der Waals surface area contributed by atoms with Gasteiger partial charge in [0.25, 0.3) is 0 Å². The van der Waals surface area contributed by atoms with Gasteiger partial charge in [-0.05, 0) is 25.2 Å². The molecule has 0 aromatic heterocycles. The van der Waals surface area contributed by atoms with Gasteiger partial charge in [-0.1, -0.05) is 20.3 Å². The van der Waals surface area contributed by atoms with Crippen molar-refractivity contribution in [3.05, 3.63) is 0 Å². The third-order valence-corrected chi connectivity index (χ3v) is 5.80. The van der Waals surface area contributed by atoms with Crippen molar-refractivity contribution in [3.8, 4) is 0 Å². The second-order valence-electron chi connectivity index (χ2n) is 7.68. The molecule has 1 heterocycles. The highest BCUT2D eigenvalue weighted by atomic mass is 32.1. The Morgan fingerprint density at radius 3 is 2.35 bits per heavy atom. The predicted octanol–water partition coefficient (Wildman–Crippen LogP) is -0.800. The van der Waals surface area contributed by atoms with Crippen molar-refractivity contribution >= 4 is 42.3 Å². The number of carboxylic acid groups (broad SMARTS) is 2. The number of thiol groups is 1. The highest BCUT2D eigenvalue weighted by Crippen LogP contribution is 2.20. The molecule has 0 saturated carbocycles. The zero-order chi connectivity index (χ0) is 23.7. The lowest BCUT2D eigenvalue weighted by molar-refractivity contribution is -0.144. The Morgan fingerprint density at radius 1 is 1.19 bits per heavy atom. The van der Waals surface area contributed by atoms with E-state index in [1.54, 1.807) is 6.92 Å². The number of nitrogens with one attached hydrogen (secondary N) is 2. The minimum absolute atomic E-state index is 0.133. The molecule has 1 fully saturated rings. The number of carbonyl (C=O) groups excluding carboxylic acids is 3. The molecule has 31 heavy (non-hydrogen) atoms. The summed E-state index contributed by atoms with van der Waals surface area (Å²) < 4.78 is 0. The summed E-state index contributed by atoms with van der Waals surface area (Å²) in [6.07, 6.45) is 0.830. The number of carbonyl (C=O) groups is 5. The molecule has 1 saturated heterocycles. The summed E-state index contributed by atoms with van der Waals surface area (Å²) in [5.74, 6) is -4.37. The molecule has 11 nitrogen and oxygen atoms in total. The topological polar surface area (TPSA) is 179 Å². The van der Waals surface area contributed by atoms with Crippen LogP contribution in [0, 0.1) is 5.92 Å². The van der Waals surface area contributed by atoms with Crippen LogP contribution in [0.15, 0.2) is 0 Å². The molecule has 0 spiro atoms. The molecule has 0 radical (unpaired) electrons. The molecule has 176 valence electrons. The molecule has 1 aliphatic rings. The molecule has 5 unspecified atom stereocenters. The number of hydrogen-bond acceptors (Lipinski definition) is 7. The molecule has 0 bridgehead atoms. The molecule has 1 rings (SSSR count). The van der Waals surface area contributed by atoms with E-state index in [1.807, 2.05) is 6.92 Å². The van der Waals surface area contributed by atoms with Crippen LogP contribution in [-0.4, -0.2) is 81.2 Å². The summed E-state index contributed by atoms with van der Waals surface area (Å²) in [7, 11) is 0. The van der Waals surface area contributed by atoms with Crippen LogP contribution in [0.3, 0.4) is 0 Å². The standard InChI is InChI=1S/C19H32N4O7S/c1-3-10(2)15(17(27)21-12(19(29)30)6-7-14(24)25)22-16(26)13-5-4-8-23(13)18(28)11(20)9-31/h10-13,15,31H,3-9,20H2,1-2H3,(H,21,27)(H,22,26)(H,24,25)(H,29,30). The largest absolute Gasteiger partial charge is 0.481 e. The van der Waals surface area contributed by atoms with Gasteiger partial charge < -0.3 is 31.5 Å². The molecule has 0 aromatic rings. The monoisotopic (exact) mass is 460 g/mol. The first-order valence-electron chi connectivity index (χ1n) is 10.3. The number of amides is 3. The van der Waals surface area contributed by atoms with Crippen molar-refractivity contribution < 1.29 is 34.2 Å². The van der Waals surface area contributed by atoms with E-state index in [4.69, 9.17) is 10.8 Å². The third kappa shape index (κ3) is 7.69. The fraction of sp³-hybridized carbons (Fsp3) is 0.737. The van der Waals surface area contributed by atoms with Gasteiger partial charge in [-0.2, -0.15) is 12.6 Å². The van der Waals surface area contributed by atoms with E-state index < -0.39 is 60.2 Å². The average Bonchev–Trinajstić information content (AvgIpc) is 3.22. The van der Waals surface area contributed by atoms with Gasteiger partial charge in [-0.25, -0.2) is 4.79 Å². The van der Waals surface area contributed by atoms with Gasteiger partial charge in [0.15, 0.2) is 0 Å². The van der Waals surface area contributed by atoms with Gasteiger partial charge in [0.05, 0.1) is 6.04 Å². The summed E-state index contributed by atoms with van der Waals surface area (Å²) in [5, 5.41) is 23.0. The van der Waals surface area contributed by atoms with Gasteiger partial charge in [0.2, 0.25) is 17.7 Å². The minimum Gasteiger partial charge on any atom is -0.481 e. The maximum absolute atomic E-state index is 12.9. The molecular weight excluding hydrogens is 428 g/mol. The average molecular weight is 461 g/mol. The van der Waals surface area contributed by atoms with Crippen LogP contribution >= 0.6 is 12.6 Å².